The van der Waals surface area contributed by atoms with Gasteiger partial charge < -0.3 is 19.4 Å². The summed E-state index contributed by atoms with van der Waals surface area (Å²) in [6.45, 7) is 5.39. The summed E-state index contributed by atoms with van der Waals surface area (Å²) >= 11 is 0. The van der Waals surface area contributed by atoms with E-state index in [0.29, 0.717) is 12.5 Å². The molecule has 1 atom stereocenters. The third-order valence-corrected chi connectivity index (χ3v) is 6.21. The highest BCUT2D eigenvalue weighted by Gasteiger charge is 2.27. The van der Waals surface area contributed by atoms with E-state index >= 15 is 0 Å². The number of likely N-dealkylation sites (N-methyl/N-ethyl adjacent to an activating group) is 1. The molecule has 1 fully saturated rings. The molecule has 0 spiro atoms. The molecule has 0 unspecified atom stereocenters. The summed E-state index contributed by atoms with van der Waals surface area (Å²) in [6.07, 6.45) is 3.92. The summed E-state index contributed by atoms with van der Waals surface area (Å²) in [6, 6.07) is 11.8. The van der Waals surface area contributed by atoms with Crippen molar-refractivity contribution in [3.05, 3.63) is 53.9 Å². The second kappa shape index (κ2) is 10.0. The lowest BCUT2D eigenvalue weighted by molar-refractivity contribution is -0.130. The molecule has 0 bridgehead atoms. The fourth-order valence-corrected chi connectivity index (χ4v) is 4.51. The minimum atomic E-state index is 0.149. The Kier molecular flexibility index (Phi) is 6.95. The molecule has 0 aliphatic carbocycles. The van der Waals surface area contributed by atoms with Crippen molar-refractivity contribution in [3.8, 4) is 11.5 Å². The van der Waals surface area contributed by atoms with Gasteiger partial charge in [-0.25, -0.2) is 4.98 Å². The van der Waals surface area contributed by atoms with E-state index in [-0.39, 0.29) is 5.91 Å². The lowest BCUT2D eigenvalue weighted by Gasteiger charge is -2.32. The quantitative estimate of drug-likeness (QED) is 0.582. The lowest BCUT2D eigenvalue weighted by atomic mass is 9.91. The van der Waals surface area contributed by atoms with Crippen LogP contribution in [0, 0.1) is 0 Å². The van der Waals surface area contributed by atoms with Crippen molar-refractivity contribution in [1.29, 1.82) is 0 Å². The normalized spacial score (nSPS) is 16.5. The highest BCUT2D eigenvalue weighted by Crippen LogP contribution is 2.33. The van der Waals surface area contributed by atoms with Gasteiger partial charge in [0.15, 0.2) is 11.5 Å². The Labute approximate surface area is 189 Å². The van der Waals surface area contributed by atoms with Gasteiger partial charge in [0.25, 0.3) is 0 Å². The van der Waals surface area contributed by atoms with Gasteiger partial charge in [0.05, 0.1) is 7.11 Å². The Bertz CT molecular complexity index is 1060. The lowest BCUT2D eigenvalue weighted by Crippen LogP contribution is -2.38. The molecule has 2 aromatic heterocycles. The van der Waals surface area contributed by atoms with Crippen molar-refractivity contribution in [2.24, 2.45) is 0 Å². The molecule has 3 aromatic rings. The van der Waals surface area contributed by atoms with E-state index in [1.54, 1.807) is 14.0 Å². The van der Waals surface area contributed by atoms with Crippen LogP contribution in [-0.4, -0.2) is 66.1 Å². The van der Waals surface area contributed by atoms with Crippen LogP contribution in [0.5, 0.6) is 11.5 Å². The number of rotatable bonds is 8. The summed E-state index contributed by atoms with van der Waals surface area (Å²) in [5, 5.41) is 1.15. The van der Waals surface area contributed by atoms with E-state index in [1.165, 1.54) is 11.3 Å². The smallest absolute Gasteiger partial charge is 0.219 e. The summed E-state index contributed by atoms with van der Waals surface area (Å²) in [5.74, 6) is 1.95. The van der Waals surface area contributed by atoms with E-state index in [4.69, 9.17) is 9.47 Å². The molecule has 3 heterocycles. The van der Waals surface area contributed by atoms with E-state index in [9.17, 15) is 4.79 Å². The van der Waals surface area contributed by atoms with Gasteiger partial charge in [-0.2, -0.15) is 0 Å². The molecule has 1 saturated heterocycles. The minimum absolute atomic E-state index is 0.149. The van der Waals surface area contributed by atoms with Crippen molar-refractivity contribution in [1.82, 2.24) is 19.8 Å². The SMILES string of the molecule is COc1ccccc1OCCN(C)Cc1c([C@@H]2CCCN(C(C)=O)C2)[nH]c2ncccc12. The molecule has 1 amide bonds. The fourth-order valence-electron chi connectivity index (χ4n) is 4.51. The van der Waals surface area contributed by atoms with Crippen molar-refractivity contribution < 1.29 is 14.3 Å². The van der Waals surface area contributed by atoms with E-state index in [1.807, 2.05) is 41.4 Å². The highest BCUT2D eigenvalue weighted by atomic mass is 16.5. The number of amides is 1. The number of nitrogens with zero attached hydrogens (tertiary/aromatic N) is 3. The van der Waals surface area contributed by atoms with Crippen molar-refractivity contribution in [2.45, 2.75) is 32.2 Å². The number of aromatic amines is 1. The number of benzene rings is 1. The number of para-hydroxylation sites is 2. The second-order valence-corrected chi connectivity index (χ2v) is 8.46. The standard InChI is InChI=1S/C25H32N4O3/c1-18(30)29-13-7-8-19(16-29)24-21(20-9-6-12-26-25(20)27-24)17-28(2)14-15-32-23-11-5-4-10-22(23)31-3/h4-6,9-12,19H,7-8,13-17H2,1-3H3,(H,26,27)/t19-/m1/s1. The number of likely N-dealkylation sites (tertiary alicyclic amines) is 1. The molecule has 7 nitrogen and oxygen atoms in total. The van der Waals surface area contributed by atoms with Gasteiger partial charge in [-0.05, 0) is 49.7 Å². The predicted molar refractivity (Wildman–Crippen MR) is 125 cm³/mol. The molecular weight excluding hydrogens is 404 g/mol. The van der Waals surface area contributed by atoms with Crippen LogP contribution in [0.25, 0.3) is 11.0 Å². The van der Waals surface area contributed by atoms with E-state index < -0.39 is 0 Å². The third-order valence-electron chi connectivity index (χ3n) is 6.21. The number of fused-ring (bicyclic) bond motifs is 1. The maximum atomic E-state index is 12.0. The summed E-state index contributed by atoms with van der Waals surface area (Å²) in [5.41, 5.74) is 3.39. The highest BCUT2D eigenvalue weighted by molar-refractivity contribution is 5.81. The van der Waals surface area contributed by atoms with Gasteiger partial charge in [0, 0.05) is 56.3 Å². The van der Waals surface area contributed by atoms with Crippen molar-refractivity contribution >= 4 is 16.9 Å². The van der Waals surface area contributed by atoms with Gasteiger partial charge in [-0.15, -0.1) is 0 Å². The first-order valence-electron chi connectivity index (χ1n) is 11.2. The molecule has 1 aromatic carbocycles. The largest absolute Gasteiger partial charge is 0.493 e. The Hall–Kier alpha value is -3.06. The number of methoxy groups -OCH3 is 1. The Balaban J connectivity index is 1.48. The predicted octanol–water partition coefficient (Wildman–Crippen LogP) is 3.81. The second-order valence-electron chi connectivity index (χ2n) is 8.46. The van der Waals surface area contributed by atoms with Gasteiger partial charge in [0.2, 0.25) is 5.91 Å². The molecule has 0 saturated carbocycles. The van der Waals surface area contributed by atoms with Gasteiger partial charge in [0.1, 0.15) is 12.3 Å². The molecular formula is C25H32N4O3. The Morgan fingerprint density at radius 2 is 2.06 bits per heavy atom. The minimum Gasteiger partial charge on any atom is -0.493 e. The molecule has 0 radical (unpaired) electrons. The van der Waals surface area contributed by atoms with Crippen LogP contribution >= 0.6 is 0 Å². The topological polar surface area (TPSA) is 70.7 Å². The number of aromatic nitrogens is 2. The molecule has 7 heteroatoms. The average molecular weight is 437 g/mol. The average Bonchev–Trinajstić information content (AvgIpc) is 3.18. The van der Waals surface area contributed by atoms with Crippen molar-refractivity contribution in [3.63, 3.8) is 0 Å². The molecule has 170 valence electrons. The monoisotopic (exact) mass is 436 g/mol. The zero-order valence-corrected chi connectivity index (χ0v) is 19.1. The zero-order chi connectivity index (χ0) is 22.5. The molecule has 1 N–H and O–H groups in total. The van der Waals surface area contributed by atoms with Gasteiger partial charge in [-0.3, -0.25) is 9.69 Å². The summed E-state index contributed by atoms with van der Waals surface area (Å²) in [7, 11) is 3.76. The number of pyridine rings is 1. The number of hydrogen-bond donors (Lipinski definition) is 1. The Morgan fingerprint density at radius 3 is 2.84 bits per heavy atom. The van der Waals surface area contributed by atoms with Crippen LogP contribution in [0.15, 0.2) is 42.6 Å². The van der Waals surface area contributed by atoms with Crippen LogP contribution < -0.4 is 9.47 Å². The fraction of sp³-hybridized carbons (Fsp3) is 0.440. The molecule has 1 aliphatic heterocycles. The Morgan fingerprint density at radius 1 is 1.25 bits per heavy atom. The van der Waals surface area contributed by atoms with E-state index in [0.717, 1.165) is 61.6 Å². The third kappa shape index (κ3) is 4.88. The molecule has 32 heavy (non-hydrogen) atoms. The van der Waals surface area contributed by atoms with Crippen LogP contribution in [0.3, 0.4) is 0 Å². The maximum Gasteiger partial charge on any atom is 0.219 e. The number of hydrogen-bond acceptors (Lipinski definition) is 5. The number of ether oxygens (including phenoxy) is 2. The van der Waals surface area contributed by atoms with Gasteiger partial charge in [-0.1, -0.05) is 12.1 Å². The first kappa shape index (κ1) is 22.1. The molecule has 4 rings (SSSR count). The molecule has 1 aliphatic rings. The zero-order valence-electron chi connectivity index (χ0n) is 19.1. The van der Waals surface area contributed by atoms with Crippen molar-refractivity contribution in [2.75, 3.05) is 40.4 Å². The summed E-state index contributed by atoms with van der Waals surface area (Å²) < 4.78 is 11.3. The number of nitrogens with one attached hydrogen (secondary N) is 1. The van der Waals surface area contributed by atoms with Crippen LogP contribution in [-0.2, 0) is 11.3 Å². The van der Waals surface area contributed by atoms with Gasteiger partial charge >= 0.3 is 0 Å². The number of carbonyl (C=O) groups excluding carboxylic acids is 1. The number of H-pyrrole nitrogens is 1. The number of carbonyl (C=O) groups is 1. The maximum absolute atomic E-state index is 12.0. The first-order valence-corrected chi connectivity index (χ1v) is 11.2. The number of piperidine rings is 1. The summed E-state index contributed by atoms with van der Waals surface area (Å²) in [4.78, 5) is 24.3. The van der Waals surface area contributed by atoms with E-state index in [2.05, 4.69) is 28.0 Å². The van der Waals surface area contributed by atoms with Crippen LogP contribution in [0.4, 0.5) is 0 Å². The first-order chi connectivity index (χ1) is 15.6. The van der Waals surface area contributed by atoms with Crippen LogP contribution in [0.2, 0.25) is 0 Å². The van der Waals surface area contributed by atoms with Crippen LogP contribution in [0.1, 0.15) is 36.9 Å².